The molecule has 2 aromatic rings. The molecule has 2 bridgehead atoms. The maximum absolute atomic E-state index is 13.7. The van der Waals surface area contributed by atoms with Crippen LogP contribution in [0, 0.1) is 5.92 Å². The van der Waals surface area contributed by atoms with Crippen LogP contribution >= 0.6 is 0 Å². The van der Waals surface area contributed by atoms with Crippen molar-refractivity contribution in [1.29, 1.82) is 0 Å². The topological polar surface area (TPSA) is 91.6 Å². The van der Waals surface area contributed by atoms with E-state index in [9.17, 15) is 14.7 Å². The van der Waals surface area contributed by atoms with Crippen LogP contribution in [0.3, 0.4) is 0 Å². The van der Waals surface area contributed by atoms with Crippen molar-refractivity contribution in [3.63, 3.8) is 0 Å². The number of aromatic nitrogens is 3. The lowest BCUT2D eigenvalue weighted by Gasteiger charge is -2.47. The van der Waals surface area contributed by atoms with Gasteiger partial charge in [0.05, 0.1) is 19.2 Å². The maximum atomic E-state index is 13.7. The Bertz CT molecular complexity index is 978. The van der Waals surface area contributed by atoms with Crippen LogP contribution in [0.4, 0.5) is 0 Å². The zero-order chi connectivity index (χ0) is 20.7. The number of hydrogen-bond acceptors (Lipinski definition) is 6. The molecule has 3 aliphatic rings. The molecule has 3 aliphatic heterocycles. The van der Waals surface area contributed by atoms with Gasteiger partial charge in [-0.25, -0.2) is 9.97 Å². The molecule has 1 amide bonds. The van der Waals surface area contributed by atoms with E-state index in [1.54, 1.807) is 40.1 Å². The average Bonchev–Trinajstić information content (AvgIpc) is 3.24. The summed E-state index contributed by atoms with van der Waals surface area (Å²) in [5.74, 6) is 0.998. The first-order valence-corrected chi connectivity index (χ1v) is 10.8. The van der Waals surface area contributed by atoms with Crippen LogP contribution in [0.2, 0.25) is 0 Å². The minimum absolute atomic E-state index is 0.0256. The molecule has 5 heterocycles. The second kappa shape index (κ2) is 7.92. The number of pyridine rings is 1. The quantitative estimate of drug-likeness (QED) is 0.803. The van der Waals surface area contributed by atoms with Gasteiger partial charge < -0.3 is 10.0 Å². The van der Waals surface area contributed by atoms with E-state index in [1.165, 1.54) is 0 Å². The van der Waals surface area contributed by atoms with Crippen LogP contribution in [0.15, 0.2) is 41.5 Å². The van der Waals surface area contributed by atoms with Crippen molar-refractivity contribution in [2.45, 2.75) is 43.8 Å². The normalized spacial score (nSPS) is 28.4. The van der Waals surface area contributed by atoms with Gasteiger partial charge >= 0.3 is 0 Å². The molecule has 1 N–H and O–H groups in total. The maximum Gasteiger partial charge on any atom is 0.251 e. The van der Waals surface area contributed by atoms with Crippen molar-refractivity contribution in [3.8, 4) is 0 Å². The van der Waals surface area contributed by atoms with Gasteiger partial charge in [0, 0.05) is 55.6 Å². The lowest BCUT2D eigenvalue weighted by atomic mass is 9.78. The van der Waals surface area contributed by atoms with Crippen molar-refractivity contribution >= 4 is 5.91 Å². The smallest absolute Gasteiger partial charge is 0.251 e. The molecule has 4 atom stereocenters. The summed E-state index contributed by atoms with van der Waals surface area (Å²) in [4.78, 5) is 39.3. The fourth-order valence-electron chi connectivity index (χ4n) is 5.57. The van der Waals surface area contributed by atoms with Crippen molar-refractivity contribution in [2.75, 3.05) is 26.2 Å². The third-order valence-corrected chi connectivity index (χ3v) is 6.83. The highest BCUT2D eigenvalue weighted by Gasteiger charge is 2.46. The Labute approximate surface area is 175 Å². The molecule has 5 rings (SSSR count). The second-order valence-corrected chi connectivity index (χ2v) is 8.67. The molecular weight excluding hydrogens is 382 g/mol. The fraction of sp³-hybridized carbons (Fsp3) is 0.545. The van der Waals surface area contributed by atoms with Crippen LogP contribution in [-0.2, 0) is 11.3 Å². The van der Waals surface area contributed by atoms with Gasteiger partial charge in [-0.2, -0.15) is 0 Å². The summed E-state index contributed by atoms with van der Waals surface area (Å²) in [6, 6.07) is 6.47. The Hall–Kier alpha value is -2.58. The Morgan fingerprint density at radius 3 is 2.80 bits per heavy atom. The Kier molecular flexibility index (Phi) is 5.12. The number of amides is 1. The van der Waals surface area contributed by atoms with E-state index in [4.69, 9.17) is 0 Å². The monoisotopic (exact) mass is 409 g/mol. The first kappa shape index (κ1) is 19.4. The van der Waals surface area contributed by atoms with Crippen LogP contribution in [0.25, 0.3) is 0 Å². The van der Waals surface area contributed by atoms with Crippen LogP contribution in [0.1, 0.15) is 42.7 Å². The van der Waals surface area contributed by atoms with Gasteiger partial charge in [-0.15, -0.1) is 0 Å². The Morgan fingerprint density at radius 1 is 1.17 bits per heavy atom. The van der Waals surface area contributed by atoms with E-state index in [0.717, 1.165) is 43.9 Å². The molecule has 2 saturated heterocycles. The average molecular weight is 409 g/mol. The lowest BCUT2D eigenvalue weighted by molar-refractivity contribution is -0.140. The molecule has 0 radical (unpaired) electrons. The highest BCUT2D eigenvalue weighted by atomic mass is 16.3. The van der Waals surface area contributed by atoms with Gasteiger partial charge in [-0.1, -0.05) is 6.07 Å². The third kappa shape index (κ3) is 3.33. The van der Waals surface area contributed by atoms with E-state index in [-0.39, 0.29) is 36.0 Å². The number of fused-ring (bicyclic) bond motifs is 4. The van der Waals surface area contributed by atoms with E-state index in [2.05, 4.69) is 14.9 Å². The van der Waals surface area contributed by atoms with E-state index in [1.807, 2.05) is 6.07 Å². The van der Waals surface area contributed by atoms with Gasteiger partial charge in [0.25, 0.3) is 5.56 Å². The Morgan fingerprint density at radius 2 is 2.00 bits per heavy atom. The van der Waals surface area contributed by atoms with E-state index >= 15 is 0 Å². The van der Waals surface area contributed by atoms with Crippen molar-refractivity contribution in [2.24, 2.45) is 5.92 Å². The molecule has 0 aliphatic carbocycles. The molecule has 158 valence electrons. The predicted molar refractivity (Wildman–Crippen MR) is 110 cm³/mol. The number of nitrogens with zero attached hydrogens (tertiary/aromatic N) is 5. The molecule has 0 saturated carbocycles. The number of likely N-dealkylation sites (tertiary alicyclic amines) is 2. The van der Waals surface area contributed by atoms with Crippen molar-refractivity contribution < 1.29 is 9.90 Å². The molecule has 0 aromatic carbocycles. The van der Waals surface area contributed by atoms with Gasteiger partial charge in [0.2, 0.25) is 5.91 Å². The number of aliphatic hydroxyl groups excluding tert-OH is 1. The first-order chi connectivity index (χ1) is 14.7. The number of carbonyl (C=O) groups is 1. The summed E-state index contributed by atoms with van der Waals surface area (Å²) >= 11 is 0. The predicted octanol–water partition coefficient (Wildman–Crippen LogP) is 0.782. The van der Waals surface area contributed by atoms with Gasteiger partial charge in [-0.05, 0) is 31.4 Å². The molecule has 30 heavy (non-hydrogen) atoms. The number of carbonyl (C=O) groups excluding carboxylic acids is 1. The zero-order valence-electron chi connectivity index (χ0n) is 16.9. The van der Waals surface area contributed by atoms with Crippen LogP contribution in [-0.4, -0.2) is 67.6 Å². The Balaban J connectivity index is 1.49. The number of aliphatic hydroxyl groups is 1. The zero-order valence-corrected chi connectivity index (χ0v) is 16.9. The van der Waals surface area contributed by atoms with Gasteiger partial charge in [0.15, 0.2) is 0 Å². The van der Waals surface area contributed by atoms with Gasteiger partial charge in [-0.3, -0.25) is 19.1 Å². The molecule has 0 unspecified atom stereocenters. The van der Waals surface area contributed by atoms with Crippen molar-refractivity contribution in [1.82, 2.24) is 24.3 Å². The summed E-state index contributed by atoms with van der Waals surface area (Å²) in [5.41, 5.74) is 0.829. The number of piperidine rings is 1. The molecule has 8 nitrogen and oxygen atoms in total. The standard InChI is InChI=1S/C22H27N5O3/c28-14-17-4-2-9-26(17)22(30)21-16-10-15(18-5-1-6-20(29)27(18)21)11-25(12-16)13-19-23-7-3-8-24-19/h1,3,5-8,15-17,21,28H,2,4,9-14H2/t15-,16+,17+,21-/m1/s1. The van der Waals surface area contributed by atoms with Gasteiger partial charge in [0.1, 0.15) is 11.9 Å². The molecular formula is C22H27N5O3. The first-order valence-electron chi connectivity index (χ1n) is 10.8. The van der Waals surface area contributed by atoms with E-state index in [0.29, 0.717) is 13.1 Å². The molecule has 0 spiro atoms. The highest BCUT2D eigenvalue weighted by molar-refractivity contribution is 5.82. The molecule has 2 aromatic heterocycles. The minimum atomic E-state index is -0.517. The second-order valence-electron chi connectivity index (χ2n) is 8.67. The fourth-order valence-corrected chi connectivity index (χ4v) is 5.57. The molecule has 2 fully saturated rings. The summed E-state index contributed by atoms with van der Waals surface area (Å²) in [6.07, 6.45) is 6.10. The van der Waals surface area contributed by atoms with Crippen molar-refractivity contribution in [3.05, 3.63) is 58.5 Å². The lowest BCUT2D eigenvalue weighted by Crippen LogP contribution is -2.54. The third-order valence-electron chi connectivity index (χ3n) is 6.83. The number of hydrogen-bond donors (Lipinski definition) is 1. The molecule has 8 heteroatoms. The minimum Gasteiger partial charge on any atom is -0.394 e. The largest absolute Gasteiger partial charge is 0.394 e. The van der Waals surface area contributed by atoms with E-state index < -0.39 is 6.04 Å². The number of rotatable bonds is 4. The SMILES string of the molecule is O=C([C@H]1[C@H]2C[C@H](CN(Cc3ncccn3)C2)c2cccc(=O)n21)N1CCC[C@H]1CO. The summed E-state index contributed by atoms with van der Waals surface area (Å²) < 4.78 is 1.74. The highest BCUT2D eigenvalue weighted by Crippen LogP contribution is 2.42. The summed E-state index contributed by atoms with van der Waals surface area (Å²) in [6.45, 7) is 2.80. The van der Waals surface area contributed by atoms with Crippen LogP contribution < -0.4 is 5.56 Å². The summed E-state index contributed by atoms with van der Waals surface area (Å²) in [7, 11) is 0. The van der Waals surface area contributed by atoms with Crippen LogP contribution in [0.5, 0.6) is 0 Å². The summed E-state index contributed by atoms with van der Waals surface area (Å²) in [5, 5.41) is 9.73.